The van der Waals surface area contributed by atoms with Crippen LogP contribution in [0.4, 0.5) is 4.39 Å². The van der Waals surface area contributed by atoms with Crippen LogP contribution in [-0.4, -0.2) is 25.0 Å². The number of nitrogens with one attached hydrogen (secondary N) is 1. The molecule has 88 valence electrons. The standard InChI is InChI=1S/C12H17FN2O/c1-15(2)14-12(16)8-4-6-10-5-3-7-11(13)9-10/h3,5,7,9H,4,6,8H2,1-2H3,(H,14,16). The summed E-state index contributed by atoms with van der Waals surface area (Å²) in [6.07, 6.45) is 1.90. The molecular formula is C12H17FN2O. The van der Waals surface area contributed by atoms with Crippen LogP contribution in [-0.2, 0) is 11.2 Å². The van der Waals surface area contributed by atoms with Gasteiger partial charge in [0.1, 0.15) is 5.82 Å². The molecular weight excluding hydrogens is 207 g/mol. The highest BCUT2D eigenvalue weighted by Crippen LogP contribution is 2.07. The third kappa shape index (κ3) is 4.89. The van der Waals surface area contributed by atoms with Gasteiger partial charge in [-0.05, 0) is 30.5 Å². The Bertz CT molecular complexity index is 353. The Hall–Kier alpha value is -1.42. The molecule has 0 fully saturated rings. The van der Waals surface area contributed by atoms with E-state index in [1.807, 2.05) is 6.07 Å². The predicted molar refractivity (Wildman–Crippen MR) is 61.2 cm³/mol. The number of benzene rings is 1. The third-order valence-corrected chi connectivity index (χ3v) is 2.11. The van der Waals surface area contributed by atoms with Crippen molar-refractivity contribution in [2.75, 3.05) is 14.1 Å². The summed E-state index contributed by atoms with van der Waals surface area (Å²) in [5.74, 6) is -0.239. The van der Waals surface area contributed by atoms with Gasteiger partial charge in [-0.25, -0.2) is 9.40 Å². The number of nitrogens with zero attached hydrogens (tertiary/aromatic N) is 1. The normalized spacial score (nSPS) is 10.5. The lowest BCUT2D eigenvalue weighted by Crippen LogP contribution is -2.35. The number of hydrazine groups is 1. The Balaban J connectivity index is 2.28. The molecule has 0 aliphatic heterocycles. The van der Waals surface area contributed by atoms with Crippen LogP contribution in [0.3, 0.4) is 0 Å². The van der Waals surface area contributed by atoms with Gasteiger partial charge >= 0.3 is 0 Å². The van der Waals surface area contributed by atoms with Crippen LogP contribution in [0, 0.1) is 5.82 Å². The van der Waals surface area contributed by atoms with Crippen molar-refractivity contribution >= 4 is 5.91 Å². The second-order valence-corrected chi connectivity index (χ2v) is 3.91. The summed E-state index contributed by atoms with van der Waals surface area (Å²) in [7, 11) is 3.54. The molecule has 1 rings (SSSR count). The number of halogens is 1. The van der Waals surface area contributed by atoms with E-state index in [0.29, 0.717) is 6.42 Å². The van der Waals surface area contributed by atoms with Gasteiger partial charge in [0.15, 0.2) is 0 Å². The fourth-order valence-corrected chi connectivity index (χ4v) is 1.45. The zero-order valence-corrected chi connectivity index (χ0v) is 9.66. The van der Waals surface area contributed by atoms with Gasteiger partial charge < -0.3 is 0 Å². The molecule has 0 heterocycles. The van der Waals surface area contributed by atoms with Gasteiger partial charge in [-0.15, -0.1) is 0 Å². The molecule has 1 N–H and O–H groups in total. The highest BCUT2D eigenvalue weighted by molar-refractivity contribution is 5.75. The van der Waals surface area contributed by atoms with Crippen LogP contribution in [0.1, 0.15) is 18.4 Å². The van der Waals surface area contributed by atoms with Crippen molar-refractivity contribution in [2.24, 2.45) is 0 Å². The van der Waals surface area contributed by atoms with E-state index in [9.17, 15) is 9.18 Å². The molecule has 0 spiro atoms. The largest absolute Gasteiger partial charge is 0.289 e. The highest BCUT2D eigenvalue weighted by atomic mass is 19.1. The summed E-state index contributed by atoms with van der Waals surface area (Å²) >= 11 is 0. The first kappa shape index (κ1) is 12.6. The molecule has 1 aromatic carbocycles. The van der Waals surface area contributed by atoms with E-state index >= 15 is 0 Å². The monoisotopic (exact) mass is 224 g/mol. The summed E-state index contributed by atoms with van der Waals surface area (Å²) in [6, 6.07) is 6.48. The summed E-state index contributed by atoms with van der Waals surface area (Å²) in [5, 5.41) is 1.62. The second kappa shape index (κ2) is 6.23. The highest BCUT2D eigenvalue weighted by Gasteiger charge is 2.02. The van der Waals surface area contributed by atoms with E-state index in [4.69, 9.17) is 0 Å². The lowest BCUT2D eigenvalue weighted by atomic mass is 10.1. The van der Waals surface area contributed by atoms with E-state index in [1.54, 1.807) is 25.2 Å². The van der Waals surface area contributed by atoms with Gasteiger partial charge in [0.25, 0.3) is 0 Å². The van der Waals surface area contributed by atoms with Gasteiger partial charge in [-0.1, -0.05) is 12.1 Å². The molecule has 1 aromatic rings. The lowest BCUT2D eigenvalue weighted by Gasteiger charge is -2.11. The summed E-state index contributed by atoms with van der Waals surface area (Å²) < 4.78 is 12.8. The number of hydrogen-bond acceptors (Lipinski definition) is 2. The van der Waals surface area contributed by atoms with Gasteiger partial charge in [0, 0.05) is 20.5 Å². The van der Waals surface area contributed by atoms with E-state index in [2.05, 4.69) is 5.43 Å². The van der Waals surface area contributed by atoms with Crippen molar-refractivity contribution < 1.29 is 9.18 Å². The Morgan fingerprint density at radius 3 is 2.81 bits per heavy atom. The van der Waals surface area contributed by atoms with Crippen LogP contribution in [0.5, 0.6) is 0 Å². The fraction of sp³-hybridized carbons (Fsp3) is 0.417. The first-order valence-electron chi connectivity index (χ1n) is 5.29. The smallest absolute Gasteiger partial charge is 0.234 e. The van der Waals surface area contributed by atoms with Crippen LogP contribution in [0.25, 0.3) is 0 Å². The molecule has 4 heteroatoms. The fourth-order valence-electron chi connectivity index (χ4n) is 1.45. The minimum absolute atomic E-state index is 0.0126. The van der Waals surface area contributed by atoms with Gasteiger partial charge in [0.2, 0.25) is 5.91 Å². The maximum atomic E-state index is 12.8. The average Bonchev–Trinajstić information content (AvgIpc) is 2.16. The SMILES string of the molecule is CN(C)NC(=O)CCCc1cccc(F)c1. The van der Waals surface area contributed by atoms with Crippen molar-refractivity contribution in [1.82, 2.24) is 10.4 Å². The van der Waals surface area contributed by atoms with Crippen LogP contribution >= 0.6 is 0 Å². The number of rotatable bonds is 5. The lowest BCUT2D eigenvalue weighted by molar-refractivity contribution is -0.124. The quantitative estimate of drug-likeness (QED) is 0.773. The van der Waals surface area contributed by atoms with Crippen LogP contribution in [0.15, 0.2) is 24.3 Å². The Morgan fingerprint density at radius 1 is 1.44 bits per heavy atom. The number of carbonyl (C=O) groups excluding carboxylic acids is 1. The van der Waals surface area contributed by atoms with E-state index < -0.39 is 0 Å². The number of aryl methyl sites for hydroxylation is 1. The molecule has 0 unspecified atom stereocenters. The van der Waals surface area contributed by atoms with Gasteiger partial charge in [-0.2, -0.15) is 0 Å². The average molecular weight is 224 g/mol. The molecule has 3 nitrogen and oxygen atoms in total. The van der Waals surface area contributed by atoms with E-state index in [-0.39, 0.29) is 11.7 Å². The van der Waals surface area contributed by atoms with Crippen LogP contribution < -0.4 is 5.43 Å². The van der Waals surface area contributed by atoms with Gasteiger partial charge in [-0.3, -0.25) is 10.2 Å². The molecule has 0 aliphatic carbocycles. The summed E-state index contributed by atoms with van der Waals surface area (Å²) in [5.41, 5.74) is 3.59. The maximum Gasteiger partial charge on any atom is 0.234 e. The molecule has 0 bridgehead atoms. The second-order valence-electron chi connectivity index (χ2n) is 3.91. The summed E-state index contributed by atoms with van der Waals surface area (Å²) in [4.78, 5) is 11.3. The first-order chi connectivity index (χ1) is 7.58. The number of carbonyl (C=O) groups is 1. The van der Waals surface area contributed by atoms with E-state index in [1.165, 1.54) is 12.1 Å². The Morgan fingerprint density at radius 2 is 2.19 bits per heavy atom. The topological polar surface area (TPSA) is 32.3 Å². The van der Waals surface area contributed by atoms with Gasteiger partial charge in [0.05, 0.1) is 0 Å². The van der Waals surface area contributed by atoms with Crippen LogP contribution in [0.2, 0.25) is 0 Å². The van der Waals surface area contributed by atoms with Crippen molar-refractivity contribution in [3.05, 3.63) is 35.6 Å². The minimum Gasteiger partial charge on any atom is -0.289 e. The molecule has 0 radical (unpaired) electrons. The first-order valence-corrected chi connectivity index (χ1v) is 5.29. The number of hydrogen-bond donors (Lipinski definition) is 1. The minimum atomic E-state index is -0.227. The summed E-state index contributed by atoms with van der Waals surface area (Å²) in [6.45, 7) is 0. The Kier molecular flexibility index (Phi) is 4.92. The van der Waals surface area contributed by atoms with Crippen molar-refractivity contribution in [2.45, 2.75) is 19.3 Å². The van der Waals surface area contributed by atoms with E-state index in [0.717, 1.165) is 18.4 Å². The zero-order valence-electron chi connectivity index (χ0n) is 9.66. The maximum absolute atomic E-state index is 12.8. The van der Waals surface area contributed by atoms with Crippen molar-refractivity contribution in [3.63, 3.8) is 0 Å². The number of amides is 1. The zero-order chi connectivity index (χ0) is 12.0. The van der Waals surface area contributed by atoms with Crippen molar-refractivity contribution in [3.8, 4) is 0 Å². The van der Waals surface area contributed by atoms with Crippen molar-refractivity contribution in [1.29, 1.82) is 0 Å². The molecule has 1 amide bonds. The Labute approximate surface area is 95.2 Å². The molecule has 0 atom stereocenters. The molecule has 0 aliphatic rings. The molecule has 0 aromatic heterocycles. The molecule has 0 saturated carbocycles. The predicted octanol–water partition coefficient (Wildman–Crippen LogP) is 1.74. The molecule has 0 saturated heterocycles. The molecule has 16 heavy (non-hydrogen) atoms. The third-order valence-electron chi connectivity index (χ3n) is 2.11.